The Labute approximate surface area is 57.0 Å². The Balaban J connectivity index is 3.05. The number of halogens is 2. The lowest BCUT2D eigenvalue weighted by atomic mass is 10.7. The van der Waals surface area contributed by atoms with Crippen molar-refractivity contribution in [3.05, 3.63) is 11.6 Å². The molecule has 4 heteroatoms. The predicted molar refractivity (Wildman–Crippen MR) is 32.2 cm³/mol. The van der Waals surface area contributed by atoms with Gasteiger partial charge in [0.05, 0.1) is 0 Å². The first kappa shape index (κ1) is 7.79. The summed E-state index contributed by atoms with van der Waals surface area (Å²) in [6.07, 6.45) is 1.46. The van der Waals surface area contributed by atoms with Gasteiger partial charge in [0.25, 0.3) is 0 Å². The maximum absolute atomic E-state index is 9.78. The summed E-state index contributed by atoms with van der Waals surface area (Å²) < 4.78 is 4.24. The molecule has 0 saturated carbocycles. The van der Waals surface area contributed by atoms with E-state index in [0.29, 0.717) is 0 Å². The van der Waals surface area contributed by atoms with Crippen LogP contribution in [0, 0.1) is 0 Å². The normalized spacial score (nSPS) is 9.75. The van der Waals surface area contributed by atoms with E-state index in [-0.39, 0.29) is 6.61 Å². The Morgan fingerprint density at radius 2 is 2.38 bits per heavy atom. The van der Waals surface area contributed by atoms with Gasteiger partial charge in [0, 0.05) is 17.1 Å². The molecule has 0 unspecified atom stereocenters. The van der Waals surface area contributed by atoms with Gasteiger partial charge in [-0.15, -0.1) is 0 Å². The molecular weight excluding hydrogens is 151 g/mol. The van der Waals surface area contributed by atoms with E-state index in [9.17, 15) is 4.79 Å². The van der Waals surface area contributed by atoms with Gasteiger partial charge in [0.2, 0.25) is 0 Å². The maximum atomic E-state index is 9.78. The third-order valence-corrected chi connectivity index (χ3v) is 0.669. The highest BCUT2D eigenvalue weighted by atomic mass is 35.5. The Hall–Kier alpha value is -0.210. The number of carbonyl (C=O) groups is 1. The van der Waals surface area contributed by atoms with Gasteiger partial charge in [0.1, 0.15) is 6.61 Å². The van der Waals surface area contributed by atoms with Crippen LogP contribution < -0.4 is 0 Å². The quantitative estimate of drug-likeness (QED) is 0.570. The van der Waals surface area contributed by atoms with Gasteiger partial charge in [-0.1, -0.05) is 11.6 Å². The molecule has 0 radical (unpaired) electrons. The molecule has 0 N–H and O–H groups in total. The molecule has 0 aromatic rings. The van der Waals surface area contributed by atoms with E-state index < -0.39 is 5.43 Å². The molecule has 8 heavy (non-hydrogen) atoms. The van der Waals surface area contributed by atoms with Crippen LogP contribution in [0.1, 0.15) is 0 Å². The van der Waals surface area contributed by atoms with Crippen LogP contribution in [0.3, 0.4) is 0 Å². The number of ether oxygens (including phenoxy) is 1. The van der Waals surface area contributed by atoms with E-state index in [1.54, 1.807) is 0 Å². The Bertz CT molecular complexity index is 100. The molecule has 0 fully saturated rings. The van der Waals surface area contributed by atoms with E-state index in [4.69, 9.17) is 23.2 Å². The second kappa shape index (κ2) is 4.94. The van der Waals surface area contributed by atoms with E-state index in [1.165, 1.54) is 11.6 Å². The fourth-order valence-electron chi connectivity index (χ4n) is 0.150. The van der Waals surface area contributed by atoms with Crippen LogP contribution in [0.15, 0.2) is 11.6 Å². The summed E-state index contributed by atoms with van der Waals surface area (Å²) in [5.41, 5.74) is 0.430. The average molecular weight is 155 g/mol. The first-order valence-electron chi connectivity index (χ1n) is 1.85. The minimum absolute atomic E-state index is 0.131. The summed E-state index contributed by atoms with van der Waals surface area (Å²) in [6.45, 7) is 0.131. The van der Waals surface area contributed by atoms with Gasteiger partial charge >= 0.3 is 5.43 Å². The monoisotopic (exact) mass is 154 g/mol. The van der Waals surface area contributed by atoms with Crippen molar-refractivity contribution < 1.29 is 9.53 Å². The van der Waals surface area contributed by atoms with E-state index in [0.717, 1.165) is 0 Å². The molecule has 0 heterocycles. The third kappa shape index (κ3) is 5.79. The zero-order valence-electron chi connectivity index (χ0n) is 3.93. The van der Waals surface area contributed by atoms with Crippen LogP contribution in [0.5, 0.6) is 0 Å². The van der Waals surface area contributed by atoms with Crippen molar-refractivity contribution >= 4 is 28.6 Å². The van der Waals surface area contributed by atoms with Crippen molar-refractivity contribution in [3.8, 4) is 0 Å². The van der Waals surface area contributed by atoms with Gasteiger partial charge in [-0.3, -0.25) is 0 Å². The molecule has 0 aliphatic carbocycles. The summed E-state index contributed by atoms with van der Waals surface area (Å²) in [7, 11) is 0. The van der Waals surface area contributed by atoms with Crippen LogP contribution >= 0.6 is 23.2 Å². The topological polar surface area (TPSA) is 26.3 Å². The molecule has 46 valence electrons. The molecule has 0 amide bonds. The summed E-state index contributed by atoms with van der Waals surface area (Å²) in [5, 5.41) is 0. The molecule has 2 nitrogen and oxygen atoms in total. The number of rotatable bonds is 2. The number of hydrogen-bond donors (Lipinski definition) is 0. The summed E-state index contributed by atoms with van der Waals surface area (Å²) in [6, 6.07) is 0. The summed E-state index contributed by atoms with van der Waals surface area (Å²) in [4.78, 5) is 9.78. The largest absolute Gasteiger partial charge is 0.449 e. The van der Waals surface area contributed by atoms with Crippen LogP contribution in [0.2, 0.25) is 0 Å². The predicted octanol–water partition coefficient (Wildman–Crippen LogP) is 2.11. The SMILES string of the molecule is O=C(Cl)OC/C=C\Cl. The van der Waals surface area contributed by atoms with Gasteiger partial charge in [-0.05, 0) is 6.08 Å². The Morgan fingerprint density at radius 3 is 2.75 bits per heavy atom. The van der Waals surface area contributed by atoms with Crippen molar-refractivity contribution in [1.82, 2.24) is 0 Å². The molecule has 0 atom stereocenters. The minimum atomic E-state index is -0.820. The van der Waals surface area contributed by atoms with Crippen molar-refractivity contribution in [1.29, 1.82) is 0 Å². The van der Waals surface area contributed by atoms with Gasteiger partial charge in [-0.25, -0.2) is 4.79 Å². The first-order chi connectivity index (χ1) is 3.77. The molecule has 0 aromatic heterocycles. The second-order valence-electron chi connectivity index (χ2n) is 0.910. The first-order valence-corrected chi connectivity index (χ1v) is 2.66. The second-order valence-corrected chi connectivity index (χ2v) is 1.47. The highest BCUT2D eigenvalue weighted by Crippen LogP contribution is 1.87. The molecule has 0 bridgehead atoms. The standard InChI is InChI=1S/C4H4Cl2O2/c5-2-1-3-8-4(6)7/h1-2H,3H2/b2-1-. The Morgan fingerprint density at radius 1 is 1.75 bits per heavy atom. The zero-order valence-corrected chi connectivity index (χ0v) is 5.45. The summed E-state index contributed by atoms with van der Waals surface area (Å²) in [5.74, 6) is 0. The minimum Gasteiger partial charge on any atom is -0.449 e. The van der Waals surface area contributed by atoms with Gasteiger partial charge < -0.3 is 4.74 Å². The van der Waals surface area contributed by atoms with Gasteiger partial charge in [-0.2, -0.15) is 0 Å². The molecule has 0 aromatic carbocycles. The fourth-order valence-corrected chi connectivity index (χ4v) is 0.286. The highest BCUT2D eigenvalue weighted by molar-refractivity contribution is 6.61. The summed E-state index contributed by atoms with van der Waals surface area (Å²) >= 11 is 9.85. The van der Waals surface area contributed by atoms with Gasteiger partial charge in [0.15, 0.2) is 0 Å². The van der Waals surface area contributed by atoms with Crippen LogP contribution in [-0.4, -0.2) is 12.0 Å². The van der Waals surface area contributed by atoms with Crippen LogP contribution in [-0.2, 0) is 4.74 Å². The highest BCUT2D eigenvalue weighted by Gasteiger charge is 1.88. The van der Waals surface area contributed by atoms with E-state index in [2.05, 4.69) is 4.74 Å². The van der Waals surface area contributed by atoms with Crippen molar-refractivity contribution in [2.45, 2.75) is 0 Å². The molecular formula is C4H4Cl2O2. The number of hydrogen-bond acceptors (Lipinski definition) is 2. The van der Waals surface area contributed by atoms with Crippen molar-refractivity contribution in [3.63, 3.8) is 0 Å². The Kier molecular flexibility index (Phi) is 4.81. The lowest BCUT2D eigenvalue weighted by Gasteiger charge is -1.89. The lowest BCUT2D eigenvalue weighted by Crippen LogP contribution is -1.91. The zero-order chi connectivity index (χ0) is 6.41. The van der Waals surface area contributed by atoms with Crippen LogP contribution in [0.4, 0.5) is 4.79 Å². The van der Waals surface area contributed by atoms with Crippen molar-refractivity contribution in [2.75, 3.05) is 6.61 Å². The molecule has 0 aliphatic rings. The lowest BCUT2D eigenvalue weighted by molar-refractivity contribution is 0.186. The third-order valence-electron chi connectivity index (χ3n) is 0.382. The smallest absolute Gasteiger partial charge is 0.404 e. The maximum Gasteiger partial charge on any atom is 0.404 e. The molecule has 0 saturated heterocycles. The van der Waals surface area contributed by atoms with Crippen molar-refractivity contribution in [2.24, 2.45) is 0 Å². The molecule has 0 aliphatic heterocycles. The average Bonchev–Trinajstić information content (AvgIpc) is 1.66. The van der Waals surface area contributed by atoms with Crippen LogP contribution in [0.25, 0.3) is 0 Å². The van der Waals surface area contributed by atoms with E-state index in [1.807, 2.05) is 0 Å². The molecule has 0 rings (SSSR count). The fraction of sp³-hybridized carbons (Fsp3) is 0.250. The van der Waals surface area contributed by atoms with E-state index >= 15 is 0 Å². The number of carbonyl (C=O) groups excluding carboxylic acids is 1. The molecule has 0 spiro atoms.